The van der Waals surface area contributed by atoms with Crippen LogP contribution in [0.15, 0.2) is 58.5 Å². The van der Waals surface area contributed by atoms with E-state index in [1.807, 2.05) is 19.1 Å². The molecule has 0 saturated carbocycles. The van der Waals surface area contributed by atoms with Gasteiger partial charge in [0.05, 0.1) is 11.1 Å². The van der Waals surface area contributed by atoms with Gasteiger partial charge in [-0.15, -0.1) is 0 Å². The maximum atomic E-state index is 12.2. The molecular weight excluding hydrogens is 334 g/mol. The highest BCUT2D eigenvalue weighted by atomic mass is 32.2. The molecule has 1 fully saturated rings. The molecule has 25 heavy (non-hydrogen) atoms. The van der Waals surface area contributed by atoms with E-state index in [4.69, 9.17) is 0 Å². The molecule has 1 saturated heterocycles. The minimum Gasteiger partial charge on any atom is -0.372 e. The molecule has 1 N–H and O–H groups in total. The number of sulfonamides is 1. The van der Waals surface area contributed by atoms with Gasteiger partial charge in [0, 0.05) is 18.8 Å². The highest BCUT2D eigenvalue weighted by Crippen LogP contribution is 2.19. The van der Waals surface area contributed by atoms with E-state index in [-0.39, 0.29) is 4.90 Å². The van der Waals surface area contributed by atoms with E-state index in [1.165, 1.54) is 31.2 Å². The van der Waals surface area contributed by atoms with Crippen LogP contribution in [0.3, 0.4) is 0 Å². The Balaban J connectivity index is 1.62. The molecular formula is C19H23N3O2S. The zero-order valence-corrected chi connectivity index (χ0v) is 15.2. The summed E-state index contributed by atoms with van der Waals surface area (Å²) in [5, 5.41) is 3.88. The van der Waals surface area contributed by atoms with Gasteiger partial charge in [0.1, 0.15) is 0 Å². The molecule has 0 amide bonds. The number of hydrazone groups is 1. The second-order valence-electron chi connectivity index (χ2n) is 6.31. The predicted molar refractivity (Wildman–Crippen MR) is 102 cm³/mol. The monoisotopic (exact) mass is 357 g/mol. The van der Waals surface area contributed by atoms with Crippen molar-refractivity contribution in [2.45, 2.75) is 31.1 Å². The number of benzene rings is 2. The number of hydrogen-bond donors (Lipinski definition) is 1. The first-order valence-corrected chi connectivity index (χ1v) is 9.99. The fourth-order valence-corrected chi connectivity index (χ4v) is 3.65. The van der Waals surface area contributed by atoms with Crippen LogP contribution < -0.4 is 9.73 Å². The predicted octanol–water partition coefficient (Wildman–Crippen LogP) is 3.30. The van der Waals surface area contributed by atoms with Crippen LogP contribution in [-0.2, 0) is 10.0 Å². The van der Waals surface area contributed by atoms with Gasteiger partial charge in [-0.3, -0.25) is 0 Å². The molecule has 3 rings (SSSR count). The Labute approximate surface area is 149 Å². The molecule has 0 radical (unpaired) electrons. The Hall–Kier alpha value is -2.34. The van der Waals surface area contributed by atoms with Crippen LogP contribution in [0.1, 0.15) is 30.4 Å². The maximum Gasteiger partial charge on any atom is 0.276 e. The van der Waals surface area contributed by atoms with Crippen molar-refractivity contribution in [1.29, 1.82) is 0 Å². The number of nitrogens with one attached hydrogen (secondary N) is 1. The van der Waals surface area contributed by atoms with Crippen LogP contribution in [0.2, 0.25) is 0 Å². The number of piperidine rings is 1. The van der Waals surface area contributed by atoms with Crippen molar-refractivity contribution in [3.8, 4) is 0 Å². The maximum absolute atomic E-state index is 12.2. The average molecular weight is 357 g/mol. The minimum absolute atomic E-state index is 0.204. The lowest BCUT2D eigenvalue weighted by Crippen LogP contribution is -2.29. The second-order valence-corrected chi connectivity index (χ2v) is 7.97. The normalized spacial score (nSPS) is 15.5. The van der Waals surface area contributed by atoms with E-state index in [0.717, 1.165) is 24.2 Å². The molecule has 5 nitrogen and oxygen atoms in total. The Bertz CT molecular complexity index is 822. The van der Waals surface area contributed by atoms with E-state index in [2.05, 4.69) is 27.0 Å². The number of rotatable bonds is 5. The van der Waals surface area contributed by atoms with E-state index in [0.29, 0.717) is 0 Å². The van der Waals surface area contributed by atoms with Crippen LogP contribution in [0.4, 0.5) is 5.69 Å². The van der Waals surface area contributed by atoms with Gasteiger partial charge in [0.15, 0.2) is 0 Å². The van der Waals surface area contributed by atoms with E-state index < -0.39 is 10.0 Å². The first-order valence-electron chi connectivity index (χ1n) is 8.51. The molecule has 0 atom stereocenters. The van der Waals surface area contributed by atoms with Crippen molar-refractivity contribution >= 4 is 21.9 Å². The lowest BCUT2D eigenvalue weighted by atomic mass is 10.1. The zero-order chi connectivity index (χ0) is 17.7. The van der Waals surface area contributed by atoms with E-state index >= 15 is 0 Å². The van der Waals surface area contributed by atoms with Crippen molar-refractivity contribution in [2.24, 2.45) is 5.10 Å². The van der Waals surface area contributed by atoms with Gasteiger partial charge in [-0.05, 0) is 56.0 Å². The first-order chi connectivity index (χ1) is 12.0. The molecule has 1 aliphatic heterocycles. The fraction of sp³-hybridized carbons (Fsp3) is 0.316. The number of nitrogens with zero attached hydrogens (tertiary/aromatic N) is 2. The molecule has 1 aliphatic rings. The zero-order valence-electron chi connectivity index (χ0n) is 14.4. The largest absolute Gasteiger partial charge is 0.372 e. The van der Waals surface area contributed by atoms with Gasteiger partial charge in [-0.2, -0.15) is 13.5 Å². The Morgan fingerprint density at radius 2 is 1.60 bits per heavy atom. The quantitative estimate of drug-likeness (QED) is 0.660. The third kappa shape index (κ3) is 4.60. The van der Waals surface area contributed by atoms with Crippen LogP contribution >= 0.6 is 0 Å². The summed E-state index contributed by atoms with van der Waals surface area (Å²) in [6, 6.07) is 14.7. The van der Waals surface area contributed by atoms with Gasteiger partial charge in [-0.25, -0.2) is 4.83 Å². The van der Waals surface area contributed by atoms with Crippen molar-refractivity contribution in [3.05, 3.63) is 59.7 Å². The molecule has 1 heterocycles. The SMILES string of the molecule is Cc1ccc(S(=O)(=O)N/N=C/c2ccc(N3CCCCC3)cc2)cc1. The fourth-order valence-electron chi connectivity index (χ4n) is 2.86. The number of hydrogen-bond acceptors (Lipinski definition) is 4. The summed E-state index contributed by atoms with van der Waals surface area (Å²) >= 11 is 0. The third-order valence-electron chi connectivity index (χ3n) is 4.33. The summed E-state index contributed by atoms with van der Waals surface area (Å²) in [5.41, 5.74) is 3.07. The molecule has 0 unspecified atom stereocenters. The van der Waals surface area contributed by atoms with Crippen molar-refractivity contribution in [2.75, 3.05) is 18.0 Å². The Morgan fingerprint density at radius 1 is 0.960 bits per heavy atom. The van der Waals surface area contributed by atoms with Gasteiger partial charge < -0.3 is 4.90 Å². The van der Waals surface area contributed by atoms with Gasteiger partial charge in [0.25, 0.3) is 10.0 Å². The summed E-state index contributed by atoms with van der Waals surface area (Å²) in [5.74, 6) is 0. The van der Waals surface area contributed by atoms with Crippen LogP contribution in [0.5, 0.6) is 0 Å². The summed E-state index contributed by atoms with van der Waals surface area (Å²) in [6.07, 6.45) is 5.31. The molecule has 0 spiro atoms. The van der Waals surface area contributed by atoms with Crippen LogP contribution in [0.25, 0.3) is 0 Å². The van der Waals surface area contributed by atoms with Gasteiger partial charge >= 0.3 is 0 Å². The molecule has 0 bridgehead atoms. The summed E-state index contributed by atoms with van der Waals surface area (Å²) in [7, 11) is -3.63. The minimum atomic E-state index is -3.63. The number of aryl methyl sites for hydroxylation is 1. The van der Waals surface area contributed by atoms with Crippen LogP contribution in [-0.4, -0.2) is 27.7 Å². The summed E-state index contributed by atoms with van der Waals surface area (Å²) in [4.78, 5) is 4.84. The molecule has 6 heteroatoms. The highest BCUT2D eigenvalue weighted by Gasteiger charge is 2.12. The standard InChI is InChI=1S/C19H23N3O2S/c1-16-5-11-19(12-6-16)25(23,24)21-20-15-17-7-9-18(10-8-17)22-13-3-2-4-14-22/h5-12,15,21H,2-4,13-14H2,1H3/b20-15+. The molecule has 0 aromatic heterocycles. The topological polar surface area (TPSA) is 61.8 Å². The van der Waals surface area contributed by atoms with Gasteiger partial charge in [0.2, 0.25) is 0 Å². The van der Waals surface area contributed by atoms with Crippen LogP contribution in [0, 0.1) is 6.92 Å². The van der Waals surface area contributed by atoms with Crippen molar-refractivity contribution < 1.29 is 8.42 Å². The molecule has 0 aliphatic carbocycles. The first kappa shape index (κ1) is 17.5. The third-order valence-corrected chi connectivity index (χ3v) is 5.57. The second kappa shape index (κ2) is 7.70. The molecule has 2 aromatic carbocycles. The molecule has 132 valence electrons. The summed E-state index contributed by atoms with van der Waals surface area (Å²) in [6.45, 7) is 4.11. The lowest BCUT2D eigenvalue weighted by Gasteiger charge is -2.28. The van der Waals surface area contributed by atoms with Gasteiger partial charge in [-0.1, -0.05) is 29.8 Å². The molecule has 2 aromatic rings. The van der Waals surface area contributed by atoms with Crippen molar-refractivity contribution in [3.63, 3.8) is 0 Å². The Kier molecular flexibility index (Phi) is 5.38. The Morgan fingerprint density at radius 3 is 2.24 bits per heavy atom. The van der Waals surface area contributed by atoms with Crippen molar-refractivity contribution in [1.82, 2.24) is 4.83 Å². The summed E-state index contributed by atoms with van der Waals surface area (Å²) < 4.78 is 24.3. The van der Waals surface area contributed by atoms with E-state index in [9.17, 15) is 8.42 Å². The number of anilines is 1. The highest BCUT2D eigenvalue weighted by molar-refractivity contribution is 7.89. The van der Waals surface area contributed by atoms with E-state index in [1.54, 1.807) is 24.3 Å². The average Bonchev–Trinajstić information content (AvgIpc) is 2.63. The lowest BCUT2D eigenvalue weighted by molar-refractivity contribution is 0.578. The smallest absolute Gasteiger partial charge is 0.276 e.